The van der Waals surface area contributed by atoms with Crippen molar-refractivity contribution in [3.05, 3.63) is 24.3 Å². The highest BCUT2D eigenvalue weighted by Crippen LogP contribution is 2.24. The Bertz CT molecular complexity index is 448. The van der Waals surface area contributed by atoms with E-state index < -0.39 is 0 Å². The topological polar surface area (TPSA) is 56.0 Å². The van der Waals surface area contributed by atoms with E-state index >= 15 is 0 Å². The number of β-amino-alcohol motifs (C(OH)–C–C–N with tert-alkyl or cyclic N) is 1. The van der Waals surface area contributed by atoms with Gasteiger partial charge in [-0.05, 0) is 37.1 Å². The SMILES string of the molecule is Nc1ccc(N2CCC(N3CCN(CCO)CC3)CC2)cc1. The Morgan fingerprint density at radius 1 is 0.955 bits per heavy atom. The predicted octanol–water partition coefficient (Wildman–Crippen LogP) is 0.847. The molecule has 2 heterocycles. The third-order valence-corrected chi connectivity index (χ3v) is 5.06. The van der Waals surface area contributed by atoms with E-state index in [4.69, 9.17) is 10.8 Å². The standard InChI is InChI=1S/C17H28N4O/c18-15-1-3-16(4-2-15)20-7-5-17(6-8-20)21-11-9-19(10-12-21)13-14-22/h1-4,17,22H,5-14,18H2. The maximum Gasteiger partial charge on any atom is 0.0558 e. The van der Waals surface area contributed by atoms with Crippen LogP contribution >= 0.6 is 0 Å². The lowest BCUT2D eigenvalue weighted by Crippen LogP contribution is -2.53. The molecule has 122 valence electrons. The van der Waals surface area contributed by atoms with Crippen LogP contribution in [-0.2, 0) is 0 Å². The van der Waals surface area contributed by atoms with Crippen LogP contribution < -0.4 is 10.6 Å². The average Bonchev–Trinajstić information content (AvgIpc) is 2.57. The molecule has 5 nitrogen and oxygen atoms in total. The highest BCUT2D eigenvalue weighted by atomic mass is 16.3. The van der Waals surface area contributed by atoms with Crippen molar-refractivity contribution in [1.29, 1.82) is 0 Å². The molecule has 0 amide bonds. The first-order valence-electron chi connectivity index (χ1n) is 8.44. The average molecular weight is 304 g/mol. The number of piperazine rings is 1. The summed E-state index contributed by atoms with van der Waals surface area (Å²) in [5.41, 5.74) is 7.89. The Morgan fingerprint density at radius 3 is 2.18 bits per heavy atom. The van der Waals surface area contributed by atoms with Crippen molar-refractivity contribution in [2.75, 3.05) is 63.1 Å². The van der Waals surface area contributed by atoms with E-state index in [1.54, 1.807) is 0 Å². The molecule has 5 heteroatoms. The highest BCUT2D eigenvalue weighted by Gasteiger charge is 2.27. The van der Waals surface area contributed by atoms with Crippen molar-refractivity contribution in [1.82, 2.24) is 9.80 Å². The van der Waals surface area contributed by atoms with E-state index in [9.17, 15) is 0 Å². The molecule has 22 heavy (non-hydrogen) atoms. The number of nitrogens with two attached hydrogens (primary N) is 1. The Labute approximate surface area is 133 Å². The first-order valence-corrected chi connectivity index (χ1v) is 8.44. The Kier molecular flexibility index (Phi) is 5.18. The van der Waals surface area contributed by atoms with Crippen molar-refractivity contribution in [2.24, 2.45) is 0 Å². The van der Waals surface area contributed by atoms with Crippen LogP contribution in [0, 0.1) is 0 Å². The monoisotopic (exact) mass is 304 g/mol. The van der Waals surface area contributed by atoms with Crippen LogP contribution in [0.15, 0.2) is 24.3 Å². The van der Waals surface area contributed by atoms with Crippen LogP contribution in [0.5, 0.6) is 0 Å². The number of aliphatic hydroxyl groups excluding tert-OH is 1. The van der Waals surface area contributed by atoms with Gasteiger partial charge in [-0.3, -0.25) is 9.80 Å². The highest BCUT2D eigenvalue weighted by molar-refractivity contribution is 5.53. The molecule has 2 aliphatic rings. The van der Waals surface area contributed by atoms with Gasteiger partial charge in [0.1, 0.15) is 0 Å². The van der Waals surface area contributed by atoms with Gasteiger partial charge in [-0.25, -0.2) is 0 Å². The van der Waals surface area contributed by atoms with Gasteiger partial charge in [0.25, 0.3) is 0 Å². The van der Waals surface area contributed by atoms with Gasteiger partial charge in [0, 0.05) is 63.2 Å². The second-order valence-corrected chi connectivity index (χ2v) is 6.41. The summed E-state index contributed by atoms with van der Waals surface area (Å²) < 4.78 is 0. The van der Waals surface area contributed by atoms with E-state index in [2.05, 4.69) is 26.8 Å². The number of aliphatic hydroxyl groups is 1. The number of nitrogens with zero attached hydrogens (tertiary/aromatic N) is 3. The lowest BCUT2D eigenvalue weighted by Gasteiger charge is -2.43. The van der Waals surface area contributed by atoms with Crippen molar-refractivity contribution in [3.63, 3.8) is 0 Å². The summed E-state index contributed by atoms with van der Waals surface area (Å²) in [5, 5.41) is 9.02. The smallest absolute Gasteiger partial charge is 0.0558 e. The zero-order chi connectivity index (χ0) is 15.4. The van der Waals surface area contributed by atoms with Crippen LogP contribution in [0.3, 0.4) is 0 Å². The Morgan fingerprint density at radius 2 is 1.59 bits per heavy atom. The molecule has 1 aromatic rings. The summed E-state index contributed by atoms with van der Waals surface area (Å²) in [7, 11) is 0. The Hall–Kier alpha value is -1.30. The molecule has 0 atom stereocenters. The van der Waals surface area contributed by atoms with Crippen LogP contribution in [-0.4, -0.2) is 73.4 Å². The van der Waals surface area contributed by atoms with E-state index in [-0.39, 0.29) is 6.61 Å². The van der Waals surface area contributed by atoms with Gasteiger partial charge in [-0.1, -0.05) is 0 Å². The van der Waals surface area contributed by atoms with Crippen LogP contribution in [0.1, 0.15) is 12.8 Å². The first kappa shape index (κ1) is 15.6. The summed E-state index contributed by atoms with van der Waals surface area (Å²) in [6, 6.07) is 8.96. The van der Waals surface area contributed by atoms with Crippen LogP contribution in [0.25, 0.3) is 0 Å². The van der Waals surface area contributed by atoms with E-state index in [1.165, 1.54) is 18.5 Å². The van der Waals surface area contributed by atoms with Gasteiger partial charge in [-0.15, -0.1) is 0 Å². The maximum atomic E-state index is 9.02. The second-order valence-electron chi connectivity index (χ2n) is 6.41. The van der Waals surface area contributed by atoms with Crippen LogP contribution in [0.2, 0.25) is 0 Å². The molecule has 2 saturated heterocycles. The molecule has 3 N–H and O–H groups in total. The van der Waals surface area contributed by atoms with Gasteiger partial charge in [-0.2, -0.15) is 0 Å². The van der Waals surface area contributed by atoms with E-state index in [0.29, 0.717) is 0 Å². The molecule has 0 aliphatic carbocycles. The van der Waals surface area contributed by atoms with Gasteiger partial charge >= 0.3 is 0 Å². The number of piperidine rings is 1. The van der Waals surface area contributed by atoms with Crippen molar-refractivity contribution in [3.8, 4) is 0 Å². The molecule has 2 aliphatic heterocycles. The molecule has 0 aromatic heterocycles. The van der Waals surface area contributed by atoms with Crippen molar-refractivity contribution in [2.45, 2.75) is 18.9 Å². The number of nitrogen functional groups attached to an aromatic ring is 1. The van der Waals surface area contributed by atoms with E-state index in [1.807, 2.05) is 12.1 Å². The summed E-state index contributed by atoms with van der Waals surface area (Å²) in [4.78, 5) is 7.48. The lowest BCUT2D eigenvalue weighted by molar-refractivity contribution is 0.0747. The normalized spacial score (nSPS) is 22.1. The van der Waals surface area contributed by atoms with E-state index in [0.717, 1.165) is 57.5 Å². The largest absolute Gasteiger partial charge is 0.399 e. The fourth-order valence-corrected chi connectivity index (χ4v) is 3.67. The molecule has 0 spiro atoms. The minimum absolute atomic E-state index is 0.278. The fraction of sp³-hybridized carbons (Fsp3) is 0.647. The zero-order valence-electron chi connectivity index (χ0n) is 13.3. The minimum Gasteiger partial charge on any atom is -0.399 e. The third-order valence-electron chi connectivity index (χ3n) is 5.06. The number of hydrogen-bond donors (Lipinski definition) is 2. The molecule has 0 saturated carbocycles. The second kappa shape index (κ2) is 7.31. The number of rotatable bonds is 4. The number of hydrogen-bond acceptors (Lipinski definition) is 5. The predicted molar refractivity (Wildman–Crippen MR) is 91.2 cm³/mol. The Balaban J connectivity index is 1.47. The van der Waals surface area contributed by atoms with Crippen molar-refractivity contribution < 1.29 is 5.11 Å². The number of anilines is 2. The maximum absolute atomic E-state index is 9.02. The molecular weight excluding hydrogens is 276 g/mol. The molecule has 1 aromatic carbocycles. The van der Waals surface area contributed by atoms with Crippen LogP contribution in [0.4, 0.5) is 11.4 Å². The summed E-state index contributed by atoms with van der Waals surface area (Å²) in [6.07, 6.45) is 2.48. The fourth-order valence-electron chi connectivity index (χ4n) is 3.67. The minimum atomic E-state index is 0.278. The van der Waals surface area contributed by atoms with Gasteiger partial charge in [0.2, 0.25) is 0 Å². The lowest BCUT2D eigenvalue weighted by atomic mass is 10.0. The van der Waals surface area contributed by atoms with Gasteiger partial charge in [0.05, 0.1) is 6.61 Å². The van der Waals surface area contributed by atoms with Gasteiger partial charge < -0.3 is 15.7 Å². The molecule has 0 unspecified atom stereocenters. The molecule has 0 radical (unpaired) electrons. The molecule has 3 rings (SSSR count). The molecule has 2 fully saturated rings. The number of benzene rings is 1. The van der Waals surface area contributed by atoms with Gasteiger partial charge in [0.15, 0.2) is 0 Å². The summed E-state index contributed by atoms with van der Waals surface area (Å²) >= 11 is 0. The molecule has 0 bridgehead atoms. The third kappa shape index (κ3) is 3.72. The first-order chi connectivity index (χ1) is 10.8. The van der Waals surface area contributed by atoms with Crippen molar-refractivity contribution >= 4 is 11.4 Å². The molecular formula is C17H28N4O. The summed E-state index contributed by atoms with van der Waals surface area (Å²) in [5.74, 6) is 0. The quantitative estimate of drug-likeness (QED) is 0.808. The summed E-state index contributed by atoms with van der Waals surface area (Å²) in [6.45, 7) is 7.84. The zero-order valence-corrected chi connectivity index (χ0v) is 13.3.